The number of rotatable bonds is 3. The first-order valence-corrected chi connectivity index (χ1v) is 10.1. The van der Waals surface area contributed by atoms with Gasteiger partial charge in [0.05, 0.1) is 11.0 Å². The highest BCUT2D eigenvalue weighted by molar-refractivity contribution is 9.10. The standard InChI is InChI=1S/C26H18BrN/c1-2-18-8-10-19(11-9-18)20-12-14-25-23(16-20)24-17-21(27)13-15-26(24)28(25)22-6-4-3-5-7-22/h2-17H,1H2. The molecule has 134 valence electrons. The van der Waals surface area contributed by atoms with Crippen LogP contribution in [0.15, 0.2) is 102 Å². The van der Waals surface area contributed by atoms with E-state index in [1.807, 2.05) is 6.08 Å². The van der Waals surface area contributed by atoms with Crippen molar-refractivity contribution in [2.75, 3.05) is 0 Å². The van der Waals surface area contributed by atoms with Crippen LogP contribution in [-0.2, 0) is 0 Å². The molecule has 0 atom stereocenters. The Balaban J connectivity index is 1.80. The number of fused-ring (bicyclic) bond motifs is 3. The van der Waals surface area contributed by atoms with Crippen LogP contribution in [0.5, 0.6) is 0 Å². The summed E-state index contributed by atoms with van der Waals surface area (Å²) in [6.07, 6.45) is 1.87. The Kier molecular flexibility index (Phi) is 4.14. The van der Waals surface area contributed by atoms with Gasteiger partial charge in [-0.25, -0.2) is 0 Å². The molecule has 2 heteroatoms. The van der Waals surface area contributed by atoms with Gasteiger partial charge in [-0.3, -0.25) is 0 Å². The van der Waals surface area contributed by atoms with Gasteiger partial charge < -0.3 is 4.57 Å². The summed E-state index contributed by atoms with van der Waals surface area (Å²) < 4.78 is 3.43. The highest BCUT2D eigenvalue weighted by Gasteiger charge is 2.13. The smallest absolute Gasteiger partial charge is 0.0541 e. The number of hydrogen-bond donors (Lipinski definition) is 0. The number of para-hydroxylation sites is 1. The van der Waals surface area contributed by atoms with E-state index >= 15 is 0 Å². The van der Waals surface area contributed by atoms with Crippen LogP contribution in [0.3, 0.4) is 0 Å². The van der Waals surface area contributed by atoms with Crippen molar-refractivity contribution in [3.63, 3.8) is 0 Å². The van der Waals surface area contributed by atoms with Crippen molar-refractivity contribution in [2.45, 2.75) is 0 Å². The zero-order chi connectivity index (χ0) is 19.1. The molecule has 0 aliphatic carbocycles. The van der Waals surface area contributed by atoms with Crippen molar-refractivity contribution in [1.29, 1.82) is 0 Å². The van der Waals surface area contributed by atoms with Crippen molar-refractivity contribution >= 4 is 43.8 Å². The molecular weight excluding hydrogens is 406 g/mol. The molecule has 28 heavy (non-hydrogen) atoms. The van der Waals surface area contributed by atoms with E-state index in [1.54, 1.807) is 0 Å². The van der Waals surface area contributed by atoms with Gasteiger partial charge in [0.15, 0.2) is 0 Å². The Morgan fingerprint density at radius 3 is 2.04 bits per heavy atom. The molecule has 0 saturated carbocycles. The van der Waals surface area contributed by atoms with E-state index in [0.29, 0.717) is 0 Å². The predicted octanol–water partition coefficient (Wildman–Crippen LogP) is 7.86. The Morgan fingerprint density at radius 1 is 0.679 bits per heavy atom. The number of nitrogens with zero attached hydrogens (tertiary/aromatic N) is 1. The molecule has 1 heterocycles. The van der Waals surface area contributed by atoms with Crippen LogP contribution in [0.2, 0.25) is 0 Å². The fraction of sp³-hybridized carbons (Fsp3) is 0. The Morgan fingerprint density at radius 2 is 1.32 bits per heavy atom. The summed E-state index contributed by atoms with van der Waals surface area (Å²) in [5.41, 5.74) is 7.16. The maximum Gasteiger partial charge on any atom is 0.0541 e. The molecule has 5 rings (SSSR count). The van der Waals surface area contributed by atoms with Gasteiger partial charge >= 0.3 is 0 Å². The third-order valence-corrected chi connectivity index (χ3v) is 5.71. The van der Waals surface area contributed by atoms with E-state index in [9.17, 15) is 0 Å². The van der Waals surface area contributed by atoms with Crippen LogP contribution in [-0.4, -0.2) is 4.57 Å². The van der Waals surface area contributed by atoms with Gasteiger partial charge in [-0.1, -0.05) is 77.1 Å². The fourth-order valence-electron chi connectivity index (χ4n) is 3.84. The Bertz CT molecular complexity index is 1310. The molecule has 1 nitrogen and oxygen atoms in total. The summed E-state index contributed by atoms with van der Waals surface area (Å²) in [5.74, 6) is 0. The van der Waals surface area contributed by atoms with E-state index in [4.69, 9.17) is 0 Å². The first-order valence-electron chi connectivity index (χ1n) is 9.26. The van der Waals surface area contributed by atoms with E-state index in [0.717, 1.165) is 10.0 Å². The minimum atomic E-state index is 1.09. The normalized spacial score (nSPS) is 11.2. The van der Waals surface area contributed by atoms with Crippen LogP contribution < -0.4 is 0 Å². The zero-order valence-corrected chi connectivity index (χ0v) is 16.9. The summed E-state index contributed by atoms with van der Waals surface area (Å²) >= 11 is 3.64. The van der Waals surface area contributed by atoms with Crippen LogP contribution in [0.1, 0.15) is 5.56 Å². The highest BCUT2D eigenvalue weighted by Crippen LogP contribution is 2.36. The van der Waals surface area contributed by atoms with Crippen LogP contribution in [0.25, 0.3) is 44.7 Å². The summed E-state index contributed by atoms with van der Waals surface area (Å²) in [7, 11) is 0. The molecule has 0 saturated heterocycles. The third-order valence-electron chi connectivity index (χ3n) is 5.22. The maximum atomic E-state index is 3.84. The van der Waals surface area contributed by atoms with Gasteiger partial charge in [-0.2, -0.15) is 0 Å². The largest absolute Gasteiger partial charge is 0.309 e. The monoisotopic (exact) mass is 423 g/mol. The summed E-state index contributed by atoms with van der Waals surface area (Å²) in [6.45, 7) is 3.84. The molecule has 0 aliphatic heterocycles. The van der Waals surface area contributed by atoms with Gasteiger partial charge in [0.2, 0.25) is 0 Å². The van der Waals surface area contributed by atoms with Gasteiger partial charge in [0, 0.05) is 20.9 Å². The van der Waals surface area contributed by atoms with Gasteiger partial charge in [-0.05, 0) is 59.2 Å². The lowest BCUT2D eigenvalue weighted by Gasteiger charge is -2.08. The van der Waals surface area contributed by atoms with Crippen LogP contribution in [0.4, 0.5) is 0 Å². The first kappa shape index (κ1) is 17.0. The lowest BCUT2D eigenvalue weighted by molar-refractivity contribution is 1.18. The topological polar surface area (TPSA) is 4.93 Å². The number of aromatic nitrogens is 1. The number of halogens is 1. The van der Waals surface area contributed by atoms with Crippen molar-refractivity contribution < 1.29 is 0 Å². The minimum absolute atomic E-state index is 1.09. The van der Waals surface area contributed by atoms with Crippen molar-refractivity contribution in [2.24, 2.45) is 0 Å². The fourth-order valence-corrected chi connectivity index (χ4v) is 4.20. The van der Waals surface area contributed by atoms with Crippen molar-refractivity contribution in [3.8, 4) is 16.8 Å². The second-order valence-corrected chi connectivity index (χ2v) is 7.81. The molecular formula is C26H18BrN. The van der Waals surface area contributed by atoms with Gasteiger partial charge in [-0.15, -0.1) is 0 Å². The molecule has 0 bridgehead atoms. The van der Waals surface area contributed by atoms with E-state index < -0.39 is 0 Å². The third kappa shape index (κ3) is 2.78. The predicted molar refractivity (Wildman–Crippen MR) is 124 cm³/mol. The molecule has 4 aromatic carbocycles. The van der Waals surface area contributed by atoms with Gasteiger partial charge in [0.1, 0.15) is 0 Å². The second-order valence-electron chi connectivity index (χ2n) is 6.89. The number of hydrogen-bond acceptors (Lipinski definition) is 0. The Labute approximate surface area is 172 Å². The molecule has 0 unspecified atom stereocenters. The maximum absolute atomic E-state index is 3.84. The quantitative estimate of drug-likeness (QED) is 0.278. The molecule has 0 radical (unpaired) electrons. The van der Waals surface area contributed by atoms with Crippen molar-refractivity contribution in [1.82, 2.24) is 4.57 Å². The molecule has 0 fully saturated rings. The Hall–Kier alpha value is -3.10. The minimum Gasteiger partial charge on any atom is -0.309 e. The van der Waals surface area contributed by atoms with Gasteiger partial charge in [0.25, 0.3) is 0 Å². The SMILES string of the molecule is C=Cc1ccc(-c2ccc3c(c2)c2cc(Br)ccc2n3-c2ccccc2)cc1. The van der Waals surface area contributed by atoms with E-state index in [1.165, 1.54) is 38.6 Å². The van der Waals surface area contributed by atoms with Crippen LogP contribution in [0, 0.1) is 0 Å². The molecule has 0 aliphatic rings. The van der Waals surface area contributed by atoms with E-state index in [2.05, 4.69) is 118 Å². The zero-order valence-electron chi connectivity index (χ0n) is 15.3. The second kappa shape index (κ2) is 6.81. The van der Waals surface area contributed by atoms with Crippen LogP contribution >= 0.6 is 15.9 Å². The molecule has 1 aromatic heterocycles. The summed E-state index contributed by atoms with van der Waals surface area (Å²) in [4.78, 5) is 0. The molecule has 0 spiro atoms. The lowest BCUT2D eigenvalue weighted by Crippen LogP contribution is -1.92. The first-order chi connectivity index (χ1) is 13.7. The van der Waals surface area contributed by atoms with Crippen molar-refractivity contribution in [3.05, 3.63) is 108 Å². The molecule has 0 N–H and O–H groups in total. The molecule has 0 amide bonds. The van der Waals surface area contributed by atoms with E-state index in [-0.39, 0.29) is 0 Å². The summed E-state index contributed by atoms with van der Waals surface area (Å²) in [6, 6.07) is 32.3. The average molecular weight is 424 g/mol. The number of benzene rings is 4. The highest BCUT2D eigenvalue weighted by atomic mass is 79.9. The summed E-state index contributed by atoms with van der Waals surface area (Å²) in [5, 5.41) is 2.50. The molecule has 5 aromatic rings. The average Bonchev–Trinajstić information content (AvgIpc) is 3.07. The lowest BCUT2D eigenvalue weighted by atomic mass is 10.0.